The van der Waals surface area contributed by atoms with E-state index in [0.29, 0.717) is 6.42 Å². The number of rotatable bonds is 2. The fourth-order valence-electron chi connectivity index (χ4n) is 1.05. The van der Waals surface area contributed by atoms with Crippen molar-refractivity contribution < 1.29 is 13.2 Å². The van der Waals surface area contributed by atoms with Crippen molar-refractivity contribution in [2.45, 2.75) is 45.5 Å². The van der Waals surface area contributed by atoms with Crippen LogP contribution in [0.5, 0.6) is 0 Å². The summed E-state index contributed by atoms with van der Waals surface area (Å²) in [6.45, 7) is 5.79. The Morgan fingerprint density at radius 1 is 1.08 bits per heavy atom. The topological polar surface area (TPSA) is 43.9 Å². The van der Waals surface area contributed by atoms with E-state index in [0.717, 1.165) is 0 Å². The molecule has 0 bridgehead atoms. The number of halogens is 3. The van der Waals surface area contributed by atoms with E-state index in [1.165, 1.54) is 0 Å². The average Bonchev–Trinajstić information content (AvgIpc) is 2.58. The lowest BCUT2D eigenvalue weighted by molar-refractivity contribution is -0.165. The second-order valence-corrected chi connectivity index (χ2v) is 4.71. The second-order valence-electron chi connectivity index (χ2n) is 4.71. The molecule has 0 spiro atoms. The van der Waals surface area contributed by atoms with Crippen LogP contribution in [0.2, 0.25) is 0 Å². The summed E-state index contributed by atoms with van der Waals surface area (Å²) in [4.78, 5) is 0. The summed E-state index contributed by atoms with van der Waals surface area (Å²) in [7, 11) is 0. The SMILES string of the molecule is CC(C)(C)CCC1(C(F)(F)F)NN1. The zero-order valence-electron chi connectivity index (χ0n) is 8.05. The van der Waals surface area contributed by atoms with Crippen LogP contribution in [-0.4, -0.2) is 11.8 Å². The first-order chi connectivity index (χ1) is 5.66. The zero-order valence-corrected chi connectivity index (χ0v) is 8.05. The van der Waals surface area contributed by atoms with Crippen molar-refractivity contribution in [3.63, 3.8) is 0 Å². The lowest BCUT2D eigenvalue weighted by atomic mass is 9.88. The molecule has 1 rings (SSSR count). The van der Waals surface area contributed by atoms with Gasteiger partial charge >= 0.3 is 6.18 Å². The van der Waals surface area contributed by atoms with Crippen LogP contribution in [0.3, 0.4) is 0 Å². The van der Waals surface area contributed by atoms with Gasteiger partial charge in [0.15, 0.2) is 5.66 Å². The van der Waals surface area contributed by atoms with Gasteiger partial charge in [-0.15, -0.1) is 0 Å². The van der Waals surface area contributed by atoms with E-state index in [4.69, 9.17) is 0 Å². The molecule has 1 heterocycles. The summed E-state index contributed by atoms with van der Waals surface area (Å²) in [6, 6.07) is 0. The monoisotopic (exact) mass is 196 g/mol. The largest absolute Gasteiger partial charge is 0.422 e. The average molecular weight is 196 g/mol. The lowest BCUT2D eigenvalue weighted by Gasteiger charge is -2.22. The van der Waals surface area contributed by atoms with E-state index in [2.05, 4.69) is 10.9 Å². The van der Waals surface area contributed by atoms with Crippen molar-refractivity contribution in [2.75, 3.05) is 0 Å². The summed E-state index contributed by atoms with van der Waals surface area (Å²) < 4.78 is 37.0. The molecule has 0 unspecified atom stereocenters. The van der Waals surface area contributed by atoms with Gasteiger partial charge in [0.2, 0.25) is 0 Å². The van der Waals surface area contributed by atoms with Gasteiger partial charge in [0.1, 0.15) is 0 Å². The van der Waals surface area contributed by atoms with Crippen LogP contribution < -0.4 is 10.9 Å². The molecule has 0 amide bonds. The molecule has 5 heteroatoms. The van der Waals surface area contributed by atoms with Gasteiger partial charge in [-0.3, -0.25) is 0 Å². The molecule has 0 aromatic rings. The van der Waals surface area contributed by atoms with E-state index in [9.17, 15) is 13.2 Å². The Balaban J connectivity index is 2.46. The van der Waals surface area contributed by atoms with E-state index in [1.54, 1.807) is 0 Å². The molecule has 1 aliphatic rings. The summed E-state index contributed by atoms with van der Waals surface area (Å²) >= 11 is 0. The number of nitrogens with one attached hydrogen (secondary N) is 2. The maximum absolute atomic E-state index is 12.3. The van der Waals surface area contributed by atoms with Crippen LogP contribution in [0.1, 0.15) is 33.6 Å². The van der Waals surface area contributed by atoms with Crippen molar-refractivity contribution >= 4 is 0 Å². The van der Waals surface area contributed by atoms with E-state index >= 15 is 0 Å². The van der Waals surface area contributed by atoms with Gasteiger partial charge in [-0.05, 0) is 18.3 Å². The minimum absolute atomic E-state index is 0.0653. The molecule has 1 fully saturated rings. The molecule has 13 heavy (non-hydrogen) atoms. The summed E-state index contributed by atoms with van der Waals surface area (Å²) in [5.41, 5.74) is 2.50. The third-order valence-corrected chi connectivity index (χ3v) is 2.16. The molecular formula is C8H15F3N2. The van der Waals surface area contributed by atoms with Gasteiger partial charge in [-0.25, -0.2) is 10.9 Å². The van der Waals surface area contributed by atoms with Crippen LogP contribution in [0.15, 0.2) is 0 Å². The van der Waals surface area contributed by atoms with Crippen LogP contribution in [0.25, 0.3) is 0 Å². The predicted molar refractivity (Wildman–Crippen MR) is 43.7 cm³/mol. The molecule has 0 aliphatic carbocycles. The van der Waals surface area contributed by atoms with Crippen molar-refractivity contribution in [3.05, 3.63) is 0 Å². The molecule has 0 aromatic carbocycles. The van der Waals surface area contributed by atoms with Gasteiger partial charge in [-0.1, -0.05) is 20.8 Å². The standard InChI is InChI=1S/C8H15F3N2/c1-6(2,3)4-5-7(12-13-7)8(9,10)11/h12-13H,4-5H2,1-3H3. The van der Waals surface area contributed by atoms with Gasteiger partial charge in [0.25, 0.3) is 0 Å². The highest BCUT2D eigenvalue weighted by atomic mass is 19.4. The Hall–Kier alpha value is -0.290. The minimum atomic E-state index is -4.20. The fourth-order valence-corrected chi connectivity index (χ4v) is 1.05. The van der Waals surface area contributed by atoms with Gasteiger partial charge in [-0.2, -0.15) is 13.2 Å². The molecule has 1 saturated heterocycles. The molecule has 0 saturated carbocycles. The Kier molecular flexibility index (Phi) is 2.37. The van der Waals surface area contributed by atoms with Crippen LogP contribution >= 0.6 is 0 Å². The quantitative estimate of drug-likeness (QED) is 0.665. The number of hydrazine groups is 1. The van der Waals surface area contributed by atoms with Crippen molar-refractivity contribution in [2.24, 2.45) is 5.41 Å². The third kappa shape index (κ3) is 2.57. The molecule has 0 atom stereocenters. The molecule has 2 nitrogen and oxygen atoms in total. The lowest BCUT2D eigenvalue weighted by Crippen LogP contribution is -2.38. The maximum Gasteiger partial charge on any atom is 0.422 e. The number of alkyl halides is 3. The van der Waals surface area contributed by atoms with Crippen molar-refractivity contribution in [3.8, 4) is 0 Å². The first-order valence-corrected chi connectivity index (χ1v) is 4.27. The first kappa shape index (κ1) is 10.8. The normalized spacial score (nSPS) is 21.7. The predicted octanol–water partition coefficient (Wildman–Crippen LogP) is 2.18. The molecule has 2 N–H and O–H groups in total. The molecular weight excluding hydrogens is 181 g/mol. The zero-order chi connectivity index (χ0) is 10.3. The van der Waals surface area contributed by atoms with Crippen molar-refractivity contribution in [1.82, 2.24) is 10.9 Å². The van der Waals surface area contributed by atoms with E-state index in [-0.39, 0.29) is 11.8 Å². The Labute approximate surface area is 75.9 Å². The first-order valence-electron chi connectivity index (χ1n) is 4.27. The highest BCUT2D eigenvalue weighted by Crippen LogP contribution is 2.39. The molecule has 1 aliphatic heterocycles. The van der Waals surface area contributed by atoms with Gasteiger partial charge < -0.3 is 0 Å². The van der Waals surface area contributed by atoms with Crippen LogP contribution in [0.4, 0.5) is 13.2 Å². The number of hydrogen-bond donors (Lipinski definition) is 2. The van der Waals surface area contributed by atoms with Crippen LogP contribution in [0, 0.1) is 5.41 Å². The summed E-state index contributed by atoms with van der Waals surface area (Å²) in [6.07, 6.45) is -3.58. The maximum atomic E-state index is 12.3. The minimum Gasteiger partial charge on any atom is -0.227 e. The van der Waals surface area contributed by atoms with E-state index < -0.39 is 11.8 Å². The Bertz CT molecular complexity index is 189. The Morgan fingerprint density at radius 2 is 1.54 bits per heavy atom. The fraction of sp³-hybridized carbons (Fsp3) is 1.00. The highest BCUT2D eigenvalue weighted by molar-refractivity contribution is 5.01. The smallest absolute Gasteiger partial charge is 0.227 e. The molecule has 0 aromatic heterocycles. The highest BCUT2D eigenvalue weighted by Gasteiger charge is 2.63. The van der Waals surface area contributed by atoms with Gasteiger partial charge in [0, 0.05) is 0 Å². The summed E-state index contributed by atoms with van der Waals surface area (Å²) in [5.74, 6) is 0. The number of hydrogen-bond acceptors (Lipinski definition) is 2. The summed E-state index contributed by atoms with van der Waals surface area (Å²) in [5, 5.41) is 0. The molecule has 0 radical (unpaired) electrons. The van der Waals surface area contributed by atoms with Crippen LogP contribution in [-0.2, 0) is 0 Å². The van der Waals surface area contributed by atoms with E-state index in [1.807, 2.05) is 20.8 Å². The molecule has 78 valence electrons. The second kappa shape index (κ2) is 2.85. The van der Waals surface area contributed by atoms with Gasteiger partial charge in [0.05, 0.1) is 0 Å². The van der Waals surface area contributed by atoms with Crippen molar-refractivity contribution in [1.29, 1.82) is 0 Å². The Morgan fingerprint density at radius 3 is 1.77 bits per heavy atom. The third-order valence-electron chi connectivity index (χ3n) is 2.16.